The van der Waals surface area contributed by atoms with E-state index in [1.54, 1.807) is 44.2 Å². The van der Waals surface area contributed by atoms with E-state index < -0.39 is 22.0 Å². The third kappa shape index (κ3) is 7.41. The number of amides is 2. The molecule has 3 rings (SSSR count). The summed E-state index contributed by atoms with van der Waals surface area (Å²) in [7, 11) is -4.05. The van der Waals surface area contributed by atoms with Crippen LogP contribution >= 0.6 is 0 Å². The van der Waals surface area contributed by atoms with Gasteiger partial charge in [-0.1, -0.05) is 54.1 Å². The molecule has 0 aliphatic rings. The Labute approximate surface area is 218 Å². The maximum atomic E-state index is 13.1. The maximum absolute atomic E-state index is 13.1. The number of anilines is 1. The third-order valence-corrected chi connectivity index (χ3v) is 7.51. The maximum Gasteiger partial charge on any atom is 0.322 e. The minimum Gasteiger partial charge on any atom is -0.480 e. The molecule has 0 spiro atoms. The number of aliphatic carboxylic acids is 1. The third-order valence-electron chi connectivity index (χ3n) is 5.74. The molecule has 0 aliphatic heterocycles. The molecule has 4 N–H and O–H groups in total. The number of rotatable bonds is 9. The molecule has 0 aromatic heterocycles. The van der Waals surface area contributed by atoms with Crippen LogP contribution in [0.5, 0.6) is 0 Å². The summed E-state index contributed by atoms with van der Waals surface area (Å²) in [5.41, 5.74) is 5.12. The van der Waals surface area contributed by atoms with Crippen molar-refractivity contribution in [3.05, 3.63) is 82.9 Å². The Balaban J connectivity index is 1.76. The number of sulfonamides is 1. The van der Waals surface area contributed by atoms with Gasteiger partial charge in [-0.3, -0.25) is 4.79 Å². The van der Waals surface area contributed by atoms with Crippen LogP contribution in [0.15, 0.2) is 65.6 Å². The van der Waals surface area contributed by atoms with E-state index in [0.29, 0.717) is 22.4 Å². The van der Waals surface area contributed by atoms with Gasteiger partial charge in [0.1, 0.15) is 6.04 Å². The summed E-state index contributed by atoms with van der Waals surface area (Å²) >= 11 is 0. The second-order valence-electron chi connectivity index (χ2n) is 9.47. The Hall–Kier alpha value is -3.69. The van der Waals surface area contributed by atoms with Crippen molar-refractivity contribution in [2.75, 3.05) is 5.32 Å². The number of carbonyl (C=O) groups is 2. The number of nitrogens with one attached hydrogen (secondary N) is 3. The van der Waals surface area contributed by atoms with Crippen LogP contribution in [0.25, 0.3) is 11.1 Å². The first-order valence-electron chi connectivity index (χ1n) is 12.0. The molecule has 2 amide bonds. The molecule has 0 heterocycles. The number of carboxylic acid groups (broad SMARTS) is 1. The number of hydrogen-bond acceptors (Lipinski definition) is 4. The highest BCUT2D eigenvalue weighted by Gasteiger charge is 2.28. The van der Waals surface area contributed by atoms with Gasteiger partial charge in [0.2, 0.25) is 10.0 Å². The van der Waals surface area contributed by atoms with E-state index in [1.165, 1.54) is 0 Å². The zero-order chi connectivity index (χ0) is 27.3. The molecular weight excluding hydrogens is 490 g/mol. The average molecular weight is 524 g/mol. The normalized spacial score (nSPS) is 12.3. The summed E-state index contributed by atoms with van der Waals surface area (Å²) in [6.07, 6.45) is -0.0181. The van der Waals surface area contributed by atoms with E-state index in [2.05, 4.69) is 15.4 Å². The molecule has 1 unspecified atom stereocenters. The van der Waals surface area contributed by atoms with Crippen molar-refractivity contribution in [2.45, 2.75) is 58.0 Å². The topological polar surface area (TPSA) is 125 Å². The van der Waals surface area contributed by atoms with Gasteiger partial charge in [-0.25, -0.2) is 13.2 Å². The minimum atomic E-state index is -4.05. The van der Waals surface area contributed by atoms with E-state index in [-0.39, 0.29) is 23.4 Å². The molecule has 8 nitrogen and oxygen atoms in total. The second-order valence-corrected chi connectivity index (χ2v) is 11.1. The highest BCUT2D eigenvalue weighted by molar-refractivity contribution is 7.89. The standard InChI is InChI=1S/C28H33N3O5S/c1-17(2)29-28(34)30-24-8-6-7-23(16-24)22-11-9-21(10-12-22)15-25(27(32)33)31-37(35,36)26-19(4)13-18(3)14-20(26)5/h6-14,16-17,25,31H,15H2,1-5H3,(H,32,33)(H2,29,30,34). The number of urea groups is 1. The van der Waals surface area contributed by atoms with Gasteiger partial charge < -0.3 is 15.7 Å². The SMILES string of the molecule is Cc1cc(C)c(S(=O)(=O)NC(Cc2ccc(-c3cccc(NC(=O)NC(C)C)c3)cc2)C(=O)O)c(C)c1. The molecule has 0 aliphatic carbocycles. The molecule has 0 saturated heterocycles. The van der Waals surface area contributed by atoms with Gasteiger partial charge in [0.15, 0.2) is 0 Å². The number of benzene rings is 3. The summed E-state index contributed by atoms with van der Waals surface area (Å²) in [6, 6.07) is 16.5. The molecule has 3 aromatic rings. The Morgan fingerprint density at radius 3 is 2.08 bits per heavy atom. The predicted octanol–water partition coefficient (Wildman–Crippen LogP) is 4.78. The van der Waals surface area contributed by atoms with Crippen LogP contribution in [0, 0.1) is 20.8 Å². The quantitative estimate of drug-likeness (QED) is 0.321. The monoisotopic (exact) mass is 523 g/mol. The van der Waals surface area contributed by atoms with Crippen molar-refractivity contribution in [2.24, 2.45) is 0 Å². The molecule has 9 heteroatoms. The van der Waals surface area contributed by atoms with Gasteiger partial charge in [0.25, 0.3) is 0 Å². The van der Waals surface area contributed by atoms with Crippen molar-refractivity contribution < 1.29 is 23.1 Å². The first-order valence-corrected chi connectivity index (χ1v) is 13.4. The molecule has 0 saturated carbocycles. The number of carboxylic acids is 1. The van der Waals surface area contributed by atoms with Crippen LogP contribution in [-0.4, -0.2) is 37.6 Å². The highest BCUT2D eigenvalue weighted by Crippen LogP contribution is 2.25. The summed E-state index contributed by atoms with van der Waals surface area (Å²) in [5.74, 6) is -1.26. The van der Waals surface area contributed by atoms with Crippen LogP contribution in [0.4, 0.5) is 10.5 Å². The molecule has 196 valence electrons. The average Bonchev–Trinajstić information content (AvgIpc) is 2.77. The lowest BCUT2D eigenvalue weighted by Crippen LogP contribution is -2.42. The van der Waals surface area contributed by atoms with Crippen molar-refractivity contribution >= 4 is 27.7 Å². The number of carbonyl (C=O) groups excluding carboxylic acids is 1. The molecule has 0 fully saturated rings. The van der Waals surface area contributed by atoms with Crippen molar-refractivity contribution in [1.82, 2.24) is 10.0 Å². The van der Waals surface area contributed by atoms with Crippen LogP contribution in [0.2, 0.25) is 0 Å². The Kier molecular flexibility index (Phi) is 8.73. The zero-order valence-electron chi connectivity index (χ0n) is 21.6. The lowest BCUT2D eigenvalue weighted by molar-refractivity contribution is -0.138. The van der Waals surface area contributed by atoms with E-state index in [4.69, 9.17) is 0 Å². The lowest BCUT2D eigenvalue weighted by Gasteiger charge is -2.18. The van der Waals surface area contributed by atoms with Gasteiger partial charge in [0, 0.05) is 11.7 Å². The largest absolute Gasteiger partial charge is 0.480 e. The molecule has 37 heavy (non-hydrogen) atoms. The van der Waals surface area contributed by atoms with E-state index in [9.17, 15) is 23.1 Å². The van der Waals surface area contributed by atoms with Crippen molar-refractivity contribution in [1.29, 1.82) is 0 Å². The van der Waals surface area contributed by atoms with Crippen LogP contribution < -0.4 is 15.4 Å². The summed E-state index contributed by atoms with van der Waals surface area (Å²) < 4.78 is 28.5. The van der Waals surface area contributed by atoms with Gasteiger partial charge in [-0.05, 0) is 81.0 Å². The summed E-state index contributed by atoms with van der Waals surface area (Å²) in [4.78, 5) is 24.1. The summed E-state index contributed by atoms with van der Waals surface area (Å²) in [5, 5.41) is 15.3. The lowest BCUT2D eigenvalue weighted by atomic mass is 10.0. The molecule has 1 atom stereocenters. The first-order chi connectivity index (χ1) is 17.4. The second kappa shape index (κ2) is 11.6. The fraction of sp³-hybridized carbons (Fsp3) is 0.286. The fourth-order valence-corrected chi connectivity index (χ4v) is 5.93. The molecular formula is C28H33N3O5S. The van der Waals surface area contributed by atoms with Crippen molar-refractivity contribution in [3.63, 3.8) is 0 Å². The van der Waals surface area contributed by atoms with E-state index in [0.717, 1.165) is 16.7 Å². The Morgan fingerprint density at radius 1 is 0.892 bits per heavy atom. The number of aryl methyl sites for hydroxylation is 3. The van der Waals surface area contributed by atoms with Gasteiger partial charge in [-0.2, -0.15) is 4.72 Å². The van der Waals surface area contributed by atoms with Crippen LogP contribution in [-0.2, 0) is 21.2 Å². The van der Waals surface area contributed by atoms with E-state index in [1.807, 2.05) is 51.1 Å². The first kappa shape index (κ1) is 27.9. The fourth-order valence-electron chi connectivity index (χ4n) is 4.29. The van der Waals surface area contributed by atoms with Crippen LogP contribution in [0.3, 0.4) is 0 Å². The Morgan fingerprint density at radius 2 is 1.51 bits per heavy atom. The van der Waals surface area contributed by atoms with Gasteiger partial charge >= 0.3 is 12.0 Å². The minimum absolute atomic E-state index is 0.0137. The summed E-state index contributed by atoms with van der Waals surface area (Å²) in [6.45, 7) is 9.03. The van der Waals surface area contributed by atoms with Crippen molar-refractivity contribution in [3.8, 4) is 11.1 Å². The Bertz CT molecular complexity index is 1380. The number of hydrogen-bond donors (Lipinski definition) is 4. The van der Waals surface area contributed by atoms with Crippen LogP contribution in [0.1, 0.15) is 36.1 Å². The zero-order valence-corrected chi connectivity index (χ0v) is 22.4. The smallest absolute Gasteiger partial charge is 0.322 e. The van der Waals surface area contributed by atoms with Gasteiger partial charge in [-0.15, -0.1) is 0 Å². The van der Waals surface area contributed by atoms with Gasteiger partial charge in [0.05, 0.1) is 4.90 Å². The molecule has 0 radical (unpaired) electrons. The molecule has 3 aromatic carbocycles. The van der Waals surface area contributed by atoms with E-state index >= 15 is 0 Å². The highest BCUT2D eigenvalue weighted by atomic mass is 32.2. The predicted molar refractivity (Wildman–Crippen MR) is 145 cm³/mol. The molecule has 0 bridgehead atoms.